The summed E-state index contributed by atoms with van der Waals surface area (Å²) in [4.78, 5) is 14.2. The normalized spacial score (nSPS) is 14.7. The smallest absolute Gasteiger partial charge is 0.410 e. The molecule has 22 heavy (non-hydrogen) atoms. The summed E-state index contributed by atoms with van der Waals surface area (Å²) in [6.45, 7) is 6.67. The molecular weight excluding hydrogens is 280 g/mol. The van der Waals surface area contributed by atoms with Gasteiger partial charge >= 0.3 is 6.09 Å². The van der Waals surface area contributed by atoms with Crippen molar-refractivity contribution in [3.63, 3.8) is 0 Å². The third-order valence-corrected chi connectivity index (χ3v) is 3.35. The van der Waals surface area contributed by atoms with Gasteiger partial charge in [-0.15, -0.1) is 0 Å². The van der Waals surface area contributed by atoms with Gasteiger partial charge in [-0.1, -0.05) is 6.07 Å². The topological polar surface area (TPSA) is 64.8 Å². The van der Waals surface area contributed by atoms with Crippen LogP contribution in [-0.2, 0) is 22.6 Å². The van der Waals surface area contributed by atoms with E-state index >= 15 is 0 Å². The van der Waals surface area contributed by atoms with E-state index in [1.807, 2.05) is 39.0 Å². The molecule has 1 fully saturated rings. The van der Waals surface area contributed by atoms with Crippen LogP contribution in [0.5, 0.6) is 0 Å². The summed E-state index contributed by atoms with van der Waals surface area (Å²) in [5.41, 5.74) is 8.16. The first-order chi connectivity index (χ1) is 10.3. The van der Waals surface area contributed by atoms with Crippen LogP contribution >= 0.6 is 0 Å². The number of carbonyl (C=O) groups excluding carboxylic acids is 1. The summed E-state index contributed by atoms with van der Waals surface area (Å²) < 4.78 is 10.7. The van der Waals surface area contributed by atoms with E-state index in [0.29, 0.717) is 18.8 Å². The molecule has 122 valence electrons. The number of anilines is 1. The van der Waals surface area contributed by atoms with E-state index < -0.39 is 5.60 Å². The lowest BCUT2D eigenvalue weighted by molar-refractivity contribution is 0.0216. The van der Waals surface area contributed by atoms with Crippen molar-refractivity contribution in [1.82, 2.24) is 4.90 Å². The number of nitrogens with two attached hydrogens (primary N) is 1. The zero-order chi connectivity index (χ0) is 16.3. The van der Waals surface area contributed by atoms with Crippen molar-refractivity contribution < 1.29 is 14.3 Å². The minimum absolute atomic E-state index is 0.259. The number of hydrogen-bond donors (Lipinski definition) is 1. The predicted molar refractivity (Wildman–Crippen MR) is 86.4 cm³/mol. The first kappa shape index (κ1) is 16.6. The van der Waals surface area contributed by atoms with Crippen LogP contribution in [0.1, 0.15) is 44.7 Å². The summed E-state index contributed by atoms with van der Waals surface area (Å²) in [7, 11) is 1.65. The zero-order valence-electron chi connectivity index (χ0n) is 13.9. The van der Waals surface area contributed by atoms with Crippen molar-refractivity contribution in [2.75, 3.05) is 12.8 Å². The molecule has 0 atom stereocenters. The SMILES string of the molecule is COCc1cc(N)cc(CN(C(=O)OC(C)(C)C)C2CC2)c1. The molecule has 5 nitrogen and oxygen atoms in total. The highest BCUT2D eigenvalue weighted by Gasteiger charge is 2.35. The molecule has 0 aromatic heterocycles. The Kier molecular flexibility index (Phi) is 4.96. The lowest BCUT2D eigenvalue weighted by atomic mass is 10.1. The number of benzene rings is 1. The molecule has 1 aliphatic carbocycles. The summed E-state index contributed by atoms with van der Waals surface area (Å²) in [5, 5.41) is 0. The van der Waals surface area contributed by atoms with Crippen LogP contribution in [0.15, 0.2) is 18.2 Å². The maximum Gasteiger partial charge on any atom is 0.410 e. The number of nitrogens with zero attached hydrogens (tertiary/aromatic N) is 1. The number of carbonyl (C=O) groups is 1. The van der Waals surface area contributed by atoms with E-state index in [2.05, 4.69) is 0 Å². The van der Waals surface area contributed by atoms with E-state index in [9.17, 15) is 4.79 Å². The quantitative estimate of drug-likeness (QED) is 0.848. The number of ether oxygens (including phenoxy) is 2. The standard InChI is InChI=1S/C17H26N2O3/c1-17(2,3)22-16(20)19(15-5-6-15)10-12-7-13(11-21-4)9-14(18)8-12/h7-9,15H,5-6,10-11,18H2,1-4H3. The molecule has 1 aromatic rings. The highest BCUT2D eigenvalue weighted by Crippen LogP contribution is 2.30. The third-order valence-electron chi connectivity index (χ3n) is 3.35. The Hall–Kier alpha value is -1.75. The second-order valence-corrected chi connectivity index (χ2v) is 6.86. The molecule has 0 radical (unpaired) electrons. The monoisotopic (exact) mass is 306 g/mol. The van der Waals surface area contributed by atoms with Gasteiger partial charge in [0.05, 0.1) is 6.61 Å². The van der Waals surface area contributed by atoms with Gasteiger partial charge in [0.25, 0.3) is 0 Å². The number of rotatable bonds is 5. The number of methoxy groups -OCH3 is 1. The molecule has 1 aromatic carbocycles. The lowest BCUT2D eigenvalue weighted by Crippen LogP contribution is -2.37. The second-order valence-electron chi connectivity index (χ2n) is 6.86. The van der Waals surface area contributed by atoms with Gasteiger partial charge in [0.2, 0.25) is 0 Å². The molecule has 0 unspecified atom stereocenters. The number of amides is 1. The van der Waals surface area contributed by atoms with Crippen LogP contribution in [0.4, 0.5) is 10.5 Å². The van der Waals surface area contributed by atoms with Crippen molar-refractivity contribution in [3.8, 4) is 0 Å². The van der Waals surface area contributed by atoms with E-state index in [1.165, 1.54) is 0 Å². The van der Waals surface area contributed by atoms with Crippen LogP contribution in [0.25, 0.3) is 0 Å². The van der Waals surface area contributed by atoms with Crippen LogP contribution in [0.3, 0.4) is 0 Å². The average Bonchev–Trinajstić information content (AvgIpc) is 3.17. The van der Waals surface area contributed by atoms with Gasteiger partial charge in [-0.2, -0.15) is 0 Å². The fourth-order valence-electron chi connectivity index (χ4n) is 2.38. The van der Waals surface area contributed by atoms with Crippen molar-refractivity contribution in [2.45, 2.75) is 58.4 Å². The molecule has 0 bridgehead atoms. The fraction of sp³-hybridized carbons (Fsp3) is 0.588. The van der Waals surface area contributed by atoms with Crippen LogP contribution in [0.2, 0.25) is 0 Å². The molecule has 1 saturated carbocycles. The summed E-state index contributed by atoms with van der Waals surface area (Å²) in [5.74, 6) is 0. The van der Waals surface area contributed by atoms with Crippen molar-refractivity contribution in [1.29, 1.82) is 0 Å². The Morgan fingerprint density at radius 1 is 1.27 bits per heavy atom. The minimum Gasteiger partial charge on any atom is -0.444 e. The Labute approximate surface area is 132 Å². The molecule has 0 saturated heterocycles. The Bertz CT molecular complexity index is 533. The molecule has 0 aliphatic heterocycles. The van der Waals surface area contributed by atoms with Gasteiger partial charge in [0.1, 0.15) is 5.60 Å². The highest BCUT2D eigenvalue weighted by atomic mass is 16.6. The predicted octanol–water partition coefficient (Wildman–Crippen LogP) is 3.31. The maximum atomic E-state index is 12.4. The first-order valence-electron chi connectivity index (χ1n) is 7.65. The van der Waals surface area contributed by atoms with E-state index in [1.54, 1.807) is 12.0 Å². The Balaban J connectivity index is 2.12. The fourth-order valence-corrected chi connectivity index (χ4v) is 2.38. The van der Waals surface area contributed by atoms with Gasteiger partial charge in [0, 0.05) is 25.4 Å². The maximum absolute atomic E-state index is 12.4. The molecule has 1 aliphatic rings. The van der Waals surface area contributed by atoms with Gasteiger partial charge in [0.15, 0.2) is 0 Å². The van der Waals surface area contributed by atoms with Crippen LogP contribution in [-0.4, -0.2) is 29.7 Å². The zero-order valence-corrected chi connectivity index (χ0v) is 13.9. The van der Waals surface area contributed by atoms with Crippen molar-refractivity contribution in [2.24, 2.45) is 0 Å². The van der Waals surface area contributed by atoms with E-state index in [-0.39, 0.29) is 12.1 Å². The summed E-state index contributed by atoms with van der Waals surface area (Å²) >= 11 is 0. The van der Waals surface area contributed by atoms with Crippen LogP contribution in [0, 0.1) is 0 Å². The first-order valence-corrected chi connectivity index (χ1v) is 7.65. The van der Waals surface area contributed by atoms with Gasteiger partial charge < -0.3 is 20.1 Å². The molecule has 2 N–H and O–H groups in total. The van der Waals surface area contributed by atoms with Gasteiger partial charge in [-0.25, -0.2) is 4.79 Å². The summed E-state index contributed by atoms with van der Waals surface area (Å²) in [6.07, 6.45) is 1.81. The van der Waals surface area contributed by atoms with Crippen molar-refractivity contribution >= 4 is 11.8 Å². The van der Waals surface area contributed by atoms with E-state index in [4.69, 9.17) is 15.2 Å². The molecular formula is C17H26N2O3. The second kappa shape index (κ2) is 6.57. The third kappa shape index (κ3) is 4.91. The van der Waals surface area contributed by atoms with Crippen LogP contribution < -0.4 is 5.73 Å². The minimum atomic E-state index is -0.485. The Morgan fingerprint density at radius 2 is 1.91 bits per heavy atom. The molecule has 0 heterocycles. The van der Waals surface area contributed by atoms with Crippen molar-refractivity contribution in [3.05, 3.63) is 29.3 Å². The highest BCUT2D eigenvalue weighted by molar-refractivity contribution is 5.69. The number of hydrogen-bond acceptors (Lipinski definition) is 4. The van der Waals surface area contributed by atoms with Gasteiger partial charge in [-0.3, -0.25) is 0 Å². The van der Waals surface area contributed by atoms with E-state index in [0.717, 1.165) is 24.0 Å². The largest absolute Gasteiger partial charge is 0.444 e. The molecule has 5 heteroatoms. The average molecular weight is 306 g/mol. The molecule has 0 spiro atoms. The Morgan fingerprint density at radius 3 is 2.45 bits per heavy atom. The molecule has 2 rings (SSSR count). The lowest BCUT2D eigenvalue weighted by Gasteiger charge is -2.27. The molecule has 1 amide bonds. The van der Waals surface area contributed by atoms with Gasteiger partial charge in [-0.05, 0) is 56.9 Å². The number of nitrogen functional groups attached to an aromatic ring is 1. The summed E-state index contributed by atoms with van der Waals surface area (Å²) in [6, 6.07) is 6.10.